The maximum atomic E-state index is 12.1. The Morgan fingerprint density at radius 3 is 2.44 bits per heavy atom. The van der Waals surface area contributed by atoms with E-state index in [1.54, 1.807) is 0 Å². The summed E-state index contributed by atoms with van der Waals surface area (Å²) in [7, 11) is 0. The van der Waals surface area contributed by atoms with E-state index in [0.29, 0.717) is 18.4 Å². The molecule has 0 bridgehead atoms. The molecule has 3 aliphatic rings. The lowest BCUT2D eigenvalue weighted by Crippen LogP contribution is -2.55. The molecule has 0 aromatic rings. The Bertz CT molecular complexity index is 454. The van der Waals surface area contributed by atoms with Gasteiger partial charge < -0.3 is 15.2 Å². The van der Waals surface area contributed by atoms with Crippen LogP contribution in [0, 0.1) is 11.8 Å². The summed E-state index contributed by atoms with van der Waals surface area (Å²) < 4.78 is 5.36. The van der Waals surface area contributed by atoms with Gasteiger partial charge in [-0.25, -0.2) is 0 Å². The summed E-state index contributed by atoms with van der Waals surface area (Å²) in [6.45, 7) is 2.78. The smallest absolute Gasteiger partial charge is 0.317 e. The summed E-state index contributed by atoms with van der Waals surface area (Å²) in [5.41, 5.74) is 0. The van der Waals surface area contributed by atoms with Gasteiger partial charge in [0.1, 0.15) is 0 Å². The number of carboxylic acids is 1. The van der Waals surface area contributed by atoms with Crippen LogP contribution in [0.4, 0.5) is 0 Å². The van der Waals surface area contributed by atoms with Crippen molar-refractivity contribution in [2.45, 2.75) is 69.9 Å². The summed E-state index contributed by atoms with van der Waals surface area (Å²) in [6.07, 6.45) is 9.21. The Hall–Kier alpha value is -1.14. The molecule has 2 N–H and O–H groups in total. The molecule has 1 aliphatic heterocycles. The van der Waals surface area contributed by atoms with Crippen LogP contribution in [0.5, 0.6) is 0 Å². The van der Waals surface area contributed by atoms with Gasteiger partial charge in [-0.2, -0.15) is 0 Å². The van der Waals surface area contributed by atoms with Crippen molar-refractivity contribution in [2.24, 2.45) is 11.8 Å². The van der Waals surface area contributed by atoms with E-state index >= 15 is 0 Å². The van der Waals surface area contributed by atoms with E-state index in [1.165, 1.54) is 12.8 Å². The van der Waals surface area contributed by atoms with Gasteiger partial charge in [-0.05, 0) is 63.2 Å². The highest BCUT2D eigenvalue weighted by atomic mass is 16.5. The number of rotatable bonds is 10. The fourth-order valence-electron chi connectivity index (χ4n) is 4.04. The highest BCUT2D eigenvalue weighted by Crippen LogP contribution is 2.33. The first kappa shape index (κ1) is 18.6. The summed E-state index contributed by atoms with van der Waals surface area (Å²) in [4.78, 5) is 25.2. The van der Waals surface area contributed by atoms with Gasteiger partial charge in [0, 0.05) is 38.3 Å². The van der Waals surface area contributed by atoms with Gasteiger partial charge in [-0.3, -0.25) is 14.5 Å². The molecule has 0 aromatic heterocycles. The van der Waals surface area contributed by atoms with Crippen molar-refractivity contribution in [1.29, 1.82) is 0 Å². The van der Waals surface area contributed by atoms with Gasteiger partial charge in [0.05, 0.1) is 6.54 Å². The minimum absolute atomic E-state index is 0.132. The maximum absolute atomic E-state index is 12.1. The third-order valence-electron chi connectivity index (χ3n) is 5.88. The Kier molecular flexibility index (Phi) is 6.70. The lowest BCUT2D eigenvalue weighted by atomic mass is 9.85. The van der Waals surface area contributed by atoms with Crippen molar-refractivity contribution in [3.63, 3.8) is 0 Å². The molecule has 2 aliphatic carbocycles. The second kappa shape index (κ2) is 8.99. The molecule has 25 heavy (non-hydrogen) atoms. The van der Waals surface area contributed by atoms with Gasteiger partial charge >= 0.3 is 5.97 Å². The van der Waals surface area contributed by atoms with Crippen molar-refractivity contribution in [3.8, 4) is 0 Å². The number of carbonyl (C=O) groups is 2. The molecule has 1 amide bonds. The molecule has 6 nitrogen and oxygen atoms in total. The fraction of sp³-hybridized carbons (Fsp3) is 0.895. The number of hydrogen-bond donors (Lipinski definition) is 2. The van der Waals surface area contributed by atoms with Crippen molar-refractivity contribution in [1.82, 2.24) is 10.2 Å². The van der Waals surface area contributed by atoms with Crippen LogP contribution >= 0.6 is 0 Å². The van der Waals surface area contributed by atoms with E-state index < -0.39 is 5.97 Å². The zero-order chi connectivity index (χ0) is 17.6. The summed E-state index contributed by atoms with van der Waals surface area (Å²) >= 11 is 0. The number of nitrogens with zero attached hydrogens (tertiary/aromatic N) is 1. The van der Waals surface area contributed by atoms with Crippen LogP contribution in [0.25, 0.3) is 0 Å². The van der Waals surface area contributed by atoms with Gasteiger partial charge in [-0.15, -0.1) is 0 Å². The number of carbonyl (C=O) groups excluding carboxylic acids is 1. The molecule has 0 atom stereocenters. The number of aliphatic carboxylic acids is 1. The predicted octanol–water partition coefficient (Wildman–Crippen LogP) is 2.03. The average Bonchev–Trinajstić information content (AvgIpc) is 3.34. The number of amides is 1. The van der Waals surface area contributed by atoms with E-state index in [-0.39, 0.29) is 18.5 Å². The van der Waals surface area contributed by atoms with Gasteiger partial charge in [0.15, 0.2) is 0 Å². The van der Waals surface area contributed by atoms with Gasteiger partial charge in [0.25, 0.3) is 0 Å². The van der Waals surface area contributed by atoms with Gasteiger partial charge in [-0.1, -0.05) is 0 Å². The normalized spacial score (nSPS) is 27.1. The van der Waals surface area contributed by atoms with E-state index in [4.69, 9.17) is 9.84 Å². The van der Waals surface area contributed by atoms with Crippen molar-refractivity contribution < 1.29 is 19.4 Å². The van der Waals surface area contributed by atoms with Crippen molar-refractivity contribution >= 4 is 11.9 Å². The van der Waals surface area contributed by atoms with Crippen LogP contribution in [0.3, 0.4) is 0 Å². The molecule has 0 unspecified atom stereocenters. The highest BCUT2D eigenvalue weighted by molar-refractivity contribution is 5.76. The average molecular weight is 352 g/mol. The predicted molar refractivity (Wildman–Crippen MR) is 94.3 cm³/mol. The lowest BCUT2D eigenvalue weighted by Gasteiger charge is -2.42. The van der Waals surface area contributed by atoms with E-state index in [1.807, 2.05) is 0 Å². The molecule has 142 valence electrons. The molecular weight excluding hydrogens is 320 g/mol. The zero-order valence-corrected chi connectivity index (χ0v) is 15.1. The monoisotopic (exact) mass is 352 g/mol. The van der Waals surface area contributed by atoms with Crippen LogP contribution in [-0.2, 0) is 14.3 Å². The molecular formula is C19H32N2O4. The Balaban J connectivity index is 1.29. The molecule has 0 spiro atoms. The third kappa shape index (κ3) is 6.26. The molecule has 3 rings (SSSR count). The van der Waals surface area contributed by atoms with Gasteiger partial charge in [0.2, 0.25) is 5.91 Å². The largest absolute Gasteiger partial charge is 0.480 e. The molecule has 6 heteroatoms. The van der Waals surface area contributed by atoms with Crippen LogP contribution in [0.15, 0.2) is 0 Å². The second-order valence-corrected chi connectivity index (χ2v) is 8.10. The Morgan fingerprint density at radius 1 is 1.08 bits per heavy atom. The number of ether oxygens (including phenoxy) is 1. The molecule has 1 heterocycles. The van der Waals surface area contributed by atoms with Crippen LogP contribution in [0.2, 0.25) is 0 Å². The molecule has 0 radical (unpaired) electrons. The first-order valence-corrected chi connectivity index (χ1v) is 9.93. The summed E-state index contributed by atoms with van der Waals surface area (Å²) in [6, 6.07) is 0.556. The van der Waals surface area contributed by atoms with E-state index in [2.05, 4.69) is 10.2 Å². The Morgan fingerprint density at radius 2 is 1.80 bits per heavy atom. The first-order valence-electron chi connectivity index (χ1n) is 9.93. The highest BCUT2D eigenvalue weighted by Gasteiger charge is 2.37. The molecule has 2 saturated carbocycles. The Labute approximate surface area is 150 Å². The minimum Gasteiger partial charge on any atom is -0.480 e. The van der Waals surface area contributed by atoms with Crippen LogP contribution < -0.4 is 5.32 Å². The molecule has 3 fully saturated rings. The minimum atomic E-state index is -0.749. The second-order valence-electron chi connectivity index (χ2n) is 8.10. The third-order valence-corrected chi connectivity index (χ3v) is 5.88. The quantitative estimate of drug-likeness (QED) is 0.629. The maximum Gasteiger partial charge on any atom is 0.317 e. The summed E-state index contributed by atoms with van der Waals surface area (Å²) in [5.74, 6) is 0.823. The number of hydrogen-bond acceptors (Lipinski definition) is 4. The van der Waals surface area contributed by atoms with Crippen LogP contribution in [0.1, 0.15) is 57.8 Å². The first-order chi connectivity index (χ1) is 12.1. The lowest BCUT2D eigenvalue weighted by molar-refractivity contribution is -0.140. The number of carboxylic acid groups (broad SMARTS) is 1. The van der Waals surface area contributed by atoms with E-state index in [0.717, 1.165) is 64.2 Å². The standard InChI is InChI=1S/C19H32N2O4/c22-18(3-1-2-14-6-8-25-9-7-14)20-16-10-17(11-16)21(13-19(23)24)12-15-4-5-15/h14-17H,1-13H2,(H,20,22)(H,23,24). The molecule has 0 aromatic carbocycles. The van der Waals surface area contributed by atoms with Crippen molar-refractivity contribution in [2.75, 3.05) is 26.3 Å². The summed E-state index contributed by atoms with van der Waals surface area (Å²) in [5, 5.41) is 12.2. The SMILES string of the molecule is O=C(O)CN(CC1CC1)C1CC(NC(=O)CCCC2CCOCC2)C1. The van der Waals surface area contributed by atoms with Crippen molar-refractivity contribution in [3.05, 3.63) is 0 Å². The van der Waals surface area contributed by atoms with E-state index in [9.17, 15) is 9.59 Å². The fourth-order valence-corrected chi connectivity index (χ4v) is 4.04. The molecule has 1 saturated heterocycles. The number of nitrogens with one attached hydrogen (secondary N) is 1. The zero-order valence-electron chi connectivity index (χ0n) is 15.1. The topological polar surface area (TPSA) is 78.9 Å². The van der Waals surface area contributed by atoms with Crippen LogP contribution in [-0.4, -0.2) is 60.3 Å².